The van der Waals surface area contributed by atoms with E-state index in [0.717, 1.165) is 23.1 Å². The summed E-state index contributed by atoms with van der Waals surface area (Å²) >= 11 is 5.69. The number of nitrogens with zero attached hydrogens (tertiary/aromatic N) is 2. The number of methoxy groups -OCH3 is 1. The number of aromatic amines is 1. The number of carbonyl (C=O) groups is 1. The van der Waals surface area contributed by atoms with Crippen LogP contribution in [0.2, 0.25) is 5.02 Å². The summed E-state index contributed by atoms with van der Waals surface area (Å²) in [7, 11) is 1.61. The fourth-order valence-corrected chi connectivity index (χ4v) is 2.78. The number of hydrogen-bond donors (Lipinski definition) is 3. The second kappa shape index (κ2) is 9.18. The van der Waals surface area contributed by atoms with Crippen molar-refractivity contribution >= 4 is 29.3 Å². The molecule has 0 radical (unpaired) electrons. The number of H-pyrrole nitrogens is 1. The summed E-state index contributed by atoms with van der Waals surface area (Å²) in [5.41, 5.74) is 1.31. The molecule has 1 amide bonds. The van der Waals surface area contributed by atoms with Gasteiger partial charge >= 0.3 is 0 Å². The Balaban J connectivity index is 1.80. The lowest BCUT2D eigenvalue weighted by molar-refractivity contribution is 0.0976. The monoisotopic (exact) mass is 443 g/mol. The molecule has 1 aromatic heterocycles. The van der Waals surface area contributed by atoms with Crippen LogP contribution in [0.5, 0.6) is 5.75 Å². The molecule has 7 nitrogen and oxygen atoms in total. The van der Waals surface area contributed by atoms with E-state index in [-0.39, 0.29) is 16.5 Å². The van der Waals surface area contributed by atoms with E-state index < -0.39 is 17.3 Å². The molecule has 0 bridgehead atoms. The van der Waals surface area contributed by atoms with Crippen LogP contribution in [-0.2, 0) is 0 Å². The third-order valence-corrected chi connectivity index (χ3v) is 4.39. The fraction of sp³-hybridized carbons (Fsp3) is 0.227. The van der Waals surface area contributed by atoms with E-state index in [2.05, 4.69) is 25.8 Å². The van der Waals surface area contributed by atoms with E-state index >= 15 is 0 Å². The lowest BCUT2D eigenvalue weighted by Gasteiger charge is -2.17. The Morgan fingerprint density at radius 2 is 1.87 bits per heavy atom. The molecule has 0 fully saturated rings. The first kappa shape index (κ1) is 22.3. The molecule has 9 heteroatoms. The Bertz CT molecular complexity index is 1100. The number of guanidine groups is 1. The minimum absolute atomic E-state index is 0.0548. The molecule has 0 aliphatic heterocycles. The predicted octanol–water partition coefficient (Wildman–Crippen LogP) is 4.87. The SMILES string of the molecule is COc1ccc(-c2cc(NC(=NC(C)(C)C)NC(=O)c3ccc(Cl)c(F)c3)n[nH]2)cc1. The molecule has 0 aliphatic carbocycles. The lowest BCUT2D eigenvalue weighted by atomic mass is 10.1. The highest BCUT2D eigenvalue weighted by Crippen LogP contribution is 2.22. The zero-order valence-electron chi connectivity index (χ0n) is 17.6. The van der Waals surface area contributed by atoms with Crippen molar-refractivity contribution < 1.29 is 13.9 Å². The molecular formula is C22H23ClFN5O2. The van der Waals surface area contributed by atoms with Crippen LogP contribution in [0.15, 0.2) is 53.5 Å². The molecule has 0 saturated heterocycles. The summed E-state index contributed by atoms with van der Waals surface area (Å²) in [6, 6.07) is 13.1. The van der Waals surface area contributed by atoms with Gasteiger partial charge in [-0.05, 0) is 68.8 Å². The van der Waals surface area contributed by atoms with Crippen LogP contribution in [0.4, 0.5) is 10.2 Å². The Labute approximate surface area is 184 Å². The maximum Gasteiger partial charge on any atom is 0.258 e. The molecule has 0 spiro atoms. The average molecular weight is 444 g/mol. The number of ether oxygens (including phenoxy) is 1. The molecule has 0 atom stereocenters. The van der Waals surface area contributed by atoms with Gasteiger partial charge in [0.05, 0.1) is 23.4 Å². The Kier molecular flexibility index (Phi) is 6.60. The van der Waals surface area contributed by atoms with Crippen LogP contribution in [-0.4, -0.2) is 34.7 Å². The Morgan fingerprint density at radius 1 is 1.16 bits per heavy atom. The van der Waals surface area contributed by atoms with Gasteiger partial charge in [0.2, 0.25) is 5.96 Å². The standard InChI is InChI=1S/C22H23ClFN5O2/c1-22(2,3)27-21(26-20(30)14-7-10-16(23)17(24)11-14)25-19-12-18(28-29-19)13-5-8-15(31-4)9-6-13/h5-12H,1-4H3,(H3,25,26,27,28,29,30). The van der Waals surface area contributed by atoms with Crippen molar-refractivity contribution in [1.82, 2.24) is 15.5 Å². The molecule has 2 aromatic carbocycles. The maximum absolute atomic E-state index is 13.7. The van der Waals surface area contributed by atoms with Gasteiger partial charge in [0.15, 0.2) is 5.82 Å². The van der Waals surface area contributed by atoms with Gasteiger partial charge < -0.3 is 10.1 Å². The average Bonchev–Trinajstić information content (AvgIpc) is 3.17. The first-order valence-corrected chi connectivity index (χ1v) is 9.85. The van der Waals surface area contributed by atoms with E-state index in [1.54, 1.807) is 13.2 Å². The van der Waals surface area contributed by atoms with Crippen molar-refractivity contribution in [2.24, 2.45) is 4.99 Å². The van der Waals surface area contributed by atoms with Crippen molar-refractivity contribution in [3.63, 3.8) is 0 Å². The Hall–Kier alpha value is -3.39. The molecule has 162 valence electrons. The molecule has 31 heavy (non-hydrogen) atoms. The van der Waals surface area contributed by atoms with E-state index in [1.165, 1.54) is 12.1 Å². The summed E-state index contributed by atoms with van der Waals surface area (Å²) in [4.78, 5) is 17.1. The van der Waals surface area contributed by atoms with Gasteiger partial charge in [0, 0.05) is 11.6 Å². The van der Waals surface area contributed by atoms with E-state index in [0.29, 0.717) is 5.82 Å². The van der Waals surface area contributed by atoms with Crippen LogP contribution >= 0.6 is 11.6 Å². The second-order valence-corrected chi connectivity index (χ2v) is 8.14. The highest BCUT2D eigenvalue weighted by atomic mass is 35.5. The second-order valence-electron chi connectivity index (χ2n) is 7.73. The zero-order valence-corrected chi connectivity index (χ0v) is 18.3. The van der Waals surface area contributed by atoms with Gasteiger partial charge in [-0.25, -0.2) is 9.38 Å². The highest BCUT2D eigenvalue weighted by Gasteiger charge is 2.16. The Morgan fingerprint density at radius 3 is 2.48 bits per heavy atom. The normalized spacial score (nSPS) is 11.9. The largest absolute Gasteiger partial charge is 0.497 e. The quantitative estimate of drug-likeness (QED) is 0.396. The zero-order chi connectivity index (χ0) is 22.6. The van der Waals surface area contributed by atoms with Crippen LogP contribution in [0, 0.1) is 5.82 Å². The fourth-order valence-electron chi connectivity index (χ4n) is 2.67. The lowest BCUT2D eigenvalue weighted by Crippen LogP contribution is -2.38. The minimum atomic E-state index is -0.673. The van der Waals surface area contributed by atoms with Crippen molar-refractivity contribution in [3.05, 3.63) is 64.9 Å². The molecule has 3 N–H and O–H groups in total. The van der Waals surface area contributed by atoms with Gasteiger partial charge in [0.1, 0.15) is 11.6 Å². The summed E-state index contributed by atoms with van der Waals surface area (Å²) < 4.78 is 18.9. The molecule has 1 heterocycles. The van der Waals surface area contributed by atoms with Gasteiger partial charge in [-0.3, -0.25) is 15.2 Å². The number of halogens is 2. The van der Waals surface area contributed by atoms with Gasteiger partial charge in [-0.15, -0.1) is 0 Å². The van der Waals surface area contributed by atoms with E-state index in [1.807, 2.05) is 45.0 Å². The smallest absolute Gasteiger partial charge is 0.258 e. The number of aliphatic imine (C=N–C) groups is 1. The summed E-state index contributed by atoms with van der Waals surface area (Å²) in [5.74, 6) is 0.185. The number of benzene rings is 2. The minimum Gasteiger partial charge on any atom is -0.497 e. The molecule has 3 aromatic rings. The van der Waals surface area contributed by atoms with Crippen molar-refractivity contribution in [2.75, 3.05) is 12.4 Å². The van der Waals surface area contributed by atoms with Crippen LogP contribution < -0.4 is 15.4 Å². The molecule has 0 saturated carbocycles. The number of aromatic nitrogens is 2. The van der Waals surface area contributed by atoms with Crippen molar-refractivity contribution in [1.29, 1.82) is 0 Å². The van der Waals surface area contributed by atoms with Gasteiger partial charge in [0.25, 0.3) is 5.91 Å². The van der Waals surface area contributed by atoms with Gasteiger partial charge in [-0.2, -0.15) is 5.10 Å². The van der Waals surface area contributed by atoms with Crippen LogP contribution in [0.3, 0.4) is 0 Å². The highest BCUT2D eigenvalue weighted by molar-refractivity contribution is 6.30. The van der Waals surface area contributed by atoms with Gasteiger partial charge in [-0.1, -0.05) is 11.6 Å². The number of hydrogen-bond acceptors (Lipinski definition) is 4. The maximum atomic E-state index is 13.7. The number of rotatable bonds is 4. The molecular weight excluding hydrogens is 421 g/mol. The first-order chi connectivity index (χ1) is 14.6. The van der Waals surface area contributed by atoms with E-state index in [9.17, 15) is 9.18 Å². The third-order valence-electron chi connectivity index (χ3n) is 4.09. The van der Waals surface area contributed by atoms with E-state index in [4.69, 9.17) is 16.3 Å². The topological polar surface area (TPSA) is 91.4 Å². The summed E-state index contributed by atoms with van der Waals surface area (Å²) in [6.45, 7) is 5.66. The number of amides is 1. The van der Waals surface area contributed by atoms with Crippen LogP contribution in [0.25, 0.3) is 11.3 Å². The summed E-state index contributed by atoms with van der Waals surface area (Å²) in [5, 5.41) is 12.8. The van der Waals surface area contributed by atoms with Crippen molar-refractivity contribution in [3.8, 4) is 17.0 Å². The number of carbonyl (C=O) groups excluding carboxylic acids is 1. The van der Waals surface area contributed by atoms with Crippen LogP contribution in [0.1, 0.15) is 31.1 Å². The molecule has 0 aliphatic rings. The van der Waals surface area contributed by atoms with Crippen molar-refractivity contribution in [2.45, 2.75) is 26.3 Å². The molecule has 3 rings (SSSR count). The first-order valence-electron chi connectivity index (χ1n) is 9.48. The third kappa shape index (κ3) is 6.05. The molecule has 0 unspecified atom stereocenters. The predicted molar refractivity (Wildman–Crippen MR) is 120 cm³/mol. The number of nitrogens with one attached hydrogen (secondary N) is 3. The summed E-state index contributed by atoms with van der Waals surface area (Å²) in [6.07, 6.45) is 0. The number of anilines is 1.